The summed E-state index contributed by atoms with van der Waals surface area (Å²) < 4.78 is 37.3. The Morgan fingerprint density at radius 1 is 1.00 bits per heavy atom. The fraction of sp³-hybridized carbons (Fsp3) is 0.600. The number of aryl methyl sites for hydroxylation is 2. The number of aromatic nitrogens is 4. The summed E-state index contributed by atoms with van der Waals surface area (Å²) in [6, 6.07) is 0. The van der Waals surface area contributed by atoms with E-state index in [9.17, 15) is 34.0 Å². The third-order valence-corrected chi connectivity index (χ3v) is 7.79. The summed E-state index contributed by atoms with van der Waals surface area (Å²) in [5.74, 6) is 0. The lowest BCUT2D eigenvalue weighted by Gasteiger charge is -2.22. The minimum atomic E-state index is -4.08. The Bertz CT molecular complexity index is 1430. The van der Waals surface area contributed by atoms with Crippen molar-refractivity contribution < 1.29 is 33.3 Å². The molecule has 0 aromatic carbocycles. The third kappa shape index (κ3) is 6.07. The first kappa shape index (κ1) is 27.7. The number of aromatic amines is 2. The lowest BCUT2D eigenvalue weighted by molar-refractivity contribution is -0.0510. The molecule has 204 valence electrons. The smallest absolute Gasteiger partial charge is 0.386 e. The van der Waals surface area contributed by atoms with Crippen LogP contribution in [0.2, 0.25) is 0 Å². The highest BCUT2D eigenvalue weighted by Gasteiger charge is 2.42. The van der Waals surface area contributed by atoms with Gasteiger partial charge in [-0.3, -0.25) is 37.7 Å². The van der Waals surface area contributed by atoms with Gasteiger partial charge in [0.05, 0.1) is 19.3 Å². The van der Waals surface area contributed by atoms with E-state index in [1.165, 1.54) is 26.2 Å². The number of aliphatic hydroxyl groups is 2. The van der Waals surface area contributed by atoms with E-state index >= 15 is 0 Å². The molecule has 0 saturated carbocycles. The Kier molecular flexibility index (Phi) is 8.11. The van der Waals surface area contributed by atoms with Crippen LogP contribution in [-0.2, 0) is 23.1 Å². The van der Waals surface area contributed by atoms with Gasteiger partial charge < -0.3 is 19.7 Å². The minimum Gasteiger partial charge on any atom is -0.394 e. The molecule has 15 nitrogen and oxygen atoms in total. The Hall–Kier alpha value is -2.30. The first-order valence-corrected chi connectivity index (χ1v) is 14.0. The van der Waals surface area contributed by atoms with E-state index in [4.69, 9.17) is 18.5 Å². The number of nitrogens with zero attached hydrogens (tertiary/aromatic N) is 2. The molecule has 37 heavy (non-hydrogen) atoms. The van der Waals surface area contributed by atoms with E-state index in [1.54, 1.807) is 0 Å². The molecule has 2 aromatic rings. The largest absolute Gasteiger partial charge is 0.394 e. The van der Waals surface area contributed by atoms with Crippen molar-refractivity contribution in [1.29, 1.82) is 0 Å². The van der Waals surface area contributed by atoms with Crippen LogP contribution in [0, 0.1) is 13.8 Å². The SMILES string of the molecule is Cc1cn([C@H]2CC(O)[C@@H](COP(=O)(S)OC3C[C@H](n4cc(C)c(=O)[nH]c4=O)O[C@@H]3CO)O2)c(=O)[nH]c1=O. The average molecular weight is 562 g/mol. The first-order chi connectivity index (χ1) is 17.4. The Balaban J connectivity index is 1.39. The number of rotatable bonds is 8. The van der Waals surface area contributed by atoms with E-state index < -0.39 is 79.4 Å². The lowest BCUT2D eigenvalue weighted by atomic mass is 10.2. The van der Waals surface area contributed by atoms with Crippen LogP contribution >= 0.6 is 19.0 Å². The standard InChI is InChI=1S/C20H27N4O11PS/c1-9-5-23(19(29)21-17(9)27)15-3-11(26)14(34-15)8-32-36(31,37)35-12-4-16(33-13(12)7-25)24-6-10(2)18(28)22-20(24)30/h5-6,11-16,25-26H,3-4,7-8H2,1-2H3,(H,31,37)(H,21,27,29)(H,22,28,30)/t11?,12?,13-,14-,15-,16-,36?/m1/s1. The van der Waals surface area contributed by atoms with Gasteiger partial charge in [-0.15, -0.1) is 0 Å². The number of hydrogen-bond acceptors (Lipinski definition) is 11. The van der Waals surface area contributed by atoms with E-state index in [2.05, 4.69) is 22.2 Å². The zero-order chi connectivity index (χ0) is 27.1. The van der Waals surface area contributed by atoms with Gasteiger partial charge in [-0.1, -0.05) is 12.2 Å². The Morgan fingerprint density at radius 2 is 1.51 bits per heavy atom. The molecule has 0 aliphatic carbocycles. The predicted octanol–water partition coefficient (Wildman–Crippen LogP) is -0.928. The van der Waals surface area contributed by atoms with E-state index in [-0.39, 0.29) is 24.0 Å². The second-order valence-electron chi connectivity index (χ2n) is 8.85. The van der Waals surface area contributed by atoms with Gasteiger partial charge in [0.2, 0.25) is 0 Å². The van der Waals surface area contributed by atoms with Gasteiger partial charge in [-0.25, -0.2) is 14.2 Å². The molecule has 0 amide bonds. The molecule has 7 atom stereocenters. The normalized spacial score (nSPS) is 29.4. The summed E-state index contributed by atoms with van der Waals surface area (Å²) in [5, 5.41) is 20.1. The quantitative estimate of drug-likeness (QED) is 0.196. The van der Waals surface area contributed by atoms with Gasteiger partial charge in [0.15, 0.2) is 0 Å². The third-order valence-electron chi connectivity index (χ3n) is 6.15. The summed E-state index contributed by atoms with van der Waals surface area (Å²) in [6.45, 7) is -1.99. The van der Waals surface area contributed by atoms with Crippen LogP contribution in [0.4, 0.5) is 0 Å². The fourth-order valence-electron chi connectivity index (χ4n) is 4.15. The summed E-state index contributed by atoms with van der Waals surface area (Å²) in [7, 11) is 0. The second kappa shape index (κ2) is 10.8. The topological polar surface area (TPSA) is 204 Å². The van der Waals surface area contributed by atoms with Crippen molar-refractivity contribution >= 4 is 19.0 Å². The van der Waals surface area contributed by atoms with Crippen LogP contribution in [0.3, 0.4) is 0 Å². The van der Waals surface area contributed by atoms with Gasteiger partial charge in [0, 0.05) is 36.4 Å². The molecule has 2 aliphatic rings. The van der Waals surface area contributed by atoms with Crippen LogP contribution in [0.25, 0.3) is 0 Å². The van der Waals surface area contributed by atoms with Gasteiger partial charge in [-0.05, 0) is 13.8 Å². The Labute approximate surface area is 213 Å². The van der Waals surface area contributed by atoms with E-state index in [1.807, 2.05) is 0 Å². The Morgan fingerprint density at radius 3 is 2.05 bits per heavy atom. The number of aliphatic hydroxyl groups excluding tert-OH is 2. The van der Waals surface area contributed by atoms with Crippen molar-refractivity contribution in [1.82, 2.24) is 19.1 Å². The lowest BCUT2D eigenvalue weighted by Crippen LogP contribution is -2.33. The zero-order valence-corrected chi connectivity index (χ0v) is 21.6. The van der Waals surface area contributed by atoms with Crippen LogP contribution < -0.4 is 22.5 Å². The number of hydrogen-bond donors (Lipinski definition) is 5. The average Bonchev–Trinajstić information content (AvgIpc) is 3.39. The molecule has 0 bridgehead atoms. The number of H-pyrrole nitrogens is 2. The molecule has 2 aromatic heterocycles. The highest BCUT2D eigenvalue weighted by atomic mass is 32.7. The molecule has 4 rings (SSSR count). The van der Waals surface area contributed by atoms with E-state index in [0.717, 1.165) is 9.13 Å². The van der Waals surface area contributed by atoms with Crippen molar-refractivity contribution in [3.63, 3.8) is 0 Å². The van der Waals surface area contributed by atoms with Crippen LogP contribution in [0.1, 0.15) is 36.4 Å². The van der Waals surface area contributed by atoms with Gasteiger partial charge in [-0.2, -0.15) is 0 Å². The van der Waals surface area contributed by atoms with E-state index in [0.29, 0.717) is 0 Å². The van der Waals surface area contributed by atoms with Gasteiger partial charge in [0.25, 0.3) is 11.1 Å². The summed E-state index contributed by atoms with van der Waals surface area (Å²) in [4.78, 5) is 51.8. The van der Waals surface area contributed by atoms with Gasteiger partial charge >= 0.3 is 18.2 Å². The molecule has 17 heteroatoms. The molecule has 2 saturated heterocycles. The van der Waals surface area contributed by atoms with Crippen molar-refractivity contribution in [2.24, 2.45) is 0 Å². The maximum atomic E-state index is 12.9. The molecule has 4 N–H and O–H groups in total. The number of nitrogens with one attached hydrogen (secondary N) is 2. The van der Waals surface area contributed by atoms with Crippen LogP contribution in [-0.4, -0.2) is 66.9 Å². The minimum absolute atomic E-state index is 0.00914. The highest BCUT2D eigenvalue weighted by molar-refractivity contribution is 8.44. The molecule has 0 spiro atoms. The van der Waals surface area contributed by atoms with Crippen LogP contribution in [0.5, 0.6) is 0 Å². The molecular weight excluding hydrogens is 535 g/mol. The highest BCUT2D eigenvalue weighted by Crippen LogP contribution is 2.56. The van der Waals surface area contributed by atoms with Crippen molar-refractivity contribution in [3.8, 4) is 0 Å². The molecule has 2 fully saturated rings. The fourth-order valence-corrected chi connectivity index (χ4v) is 5.67. The predicted molar refractivity (Wildman–Crippen MR) is 130 cm³/mol. The number of thiol groups is 1. The van der Waals surface area contributed by atoms with Crippen molar-refractivity contribution in [2.45, 2.75) is 63.6 Å². The van der Waals surface area contributed by atoms with Crippen molar-refractivity contribution in [3.05, 3.63) is 65.2 Å². The molecule has 0 radical (unpaired) electrons. The molecule has 4 heterocycles. The maximum Gasteiger partial charge on any atom is 0.386 e. The monoisotopic (exact) mass is 562 g/mol. The molecule has 3 unspecified atom stereocenters. The summed E-state index contributed by atoms with van der Waals surface area (Å²) in [5.41, 5.74) is -1.96. The van der Waals surface area contributed by atoms with Gasteiger partial charge in [0.1, 0.15) is 30.8 Å². The summed E-state index contributed by atoms with van der Waals surface area (Å²) in [6.07, 6.45) is -3.22. The maximum absolute atomic E-state index is 12.9. The van der Waals surface area contributed by atoms with Crippen molar-refractivity contribution in [2.75, 3.05) is 13.2 Å². The summed E-state index contributed by atoms with van der Waals surface area (Å²) >= 11 is 3.97. The van der Waals surface area contributed by atoms with Crippen LogP contribution in [0.15, 0.2) is 31.6 Å². The molecule has 2 aliphatic heterocycles. The first-order valence-electron chi connectivity index (χ1n) is 11.3. The number of ether oxygens (including phenoxy) is 2. The zero-order valence-electron chi connectivity index (χ0n) is 19.8. The second-order valence-corrected chi connectivity index (χ2v) is 11.7. The molecular formula is C20H27N4O11PS.